The number of amides is 1. The Bertz CT molecular complexity index is 1840. The first-order valence-electron chi connectivity index (χ1n) is 35.7. The standard InChI is InChI=1S/C76H135N2O7P/c1-7-10-13-16-19-22-25-28-30-32-34-36-37-38-39-40-41-43-45-47-49-51-54-57-60-63-66-69-76(80)85-74(67-64-61-58-55-52-27-24-21-18-15-12-9-3)73(72-84-86(81,82)83-71-70-78(4,5)6)77-75(79)68-65-62-59-56-53-50-48-46-44-42-35-33-31-29-26-23-20-17-14-11-8-2/h10,13,19-20,22-23,28-31,34,36,38-39,41,43,64,67,73-74H,7-9,11-12,14-18,21,24-27,32-33,35,37,40,42,44-63,65-66,68-72H2,1-6H3,(H-,77,79,81,82)/p+1/b13-10-,22-19-,23-20-,30-28-,31-29-,36-34-,39-38-,43-41-,67-64-. The van der Waals surface area contributed by atoms with Gasteiger partial charge in [0.15, 0.2) is 0 Å². The number of carbonyl (C=O) groups is 2. The van der Waals surface area contributed by atoms with Gasteiger partial charge in [-0.05, 0) is 115 Å². The molecule has 0 saturated carbocycles. The lowest BCUT2D eigenvalue weighted by Gasteiger charge is -2.27. The van der Waals surface area contributed by atoms with Gasteiger partial charge in [-0.25, -0.2) is 4.57 Å². The van der Waals surface area contributed by atoms with Crippen molar-refractivity contribution in [2.75, 3.05) is 40.9 Å². The summed E-state index contributed by atoms with van der Waals surface area (Å²) in [5, 5.41) is 3.07. The zero-order valence-electron chi connectivity index (χ0n) is 56.8. The van der Waals surface area contributed by atoms with Crippen LogP contribution in [0.2, 0.25) is 0 Å². The Morgan fingerprint density at radius 1 is 0.419 bits per heavy atom. The smallest absolute Gasteiger partial charge is 0.456 e. The van der Waals surface area contributed by atoms with Gasteiger partial charge < -0.3 is 19.4 Å². The maximum atomic E-state index is 13.6. The summed E-state index contributed by atoms with van der Waals surface area (Å²) in [6.07, 6.45) is 89.5. The number of carbonyl (C=O) groups excluding carboxylic acids is 2. The average molecular weight is 1220 g/mol. The topological polar surface area (TPSA) is 111 Å². The van der Waals surface area contributed by atoms with Crippen LogP contribution in [0.3, 0.4) is 0 Å². The lowest BCUT2D eigenvalue weighted by molar-refractivity contribution is -0.870. The maximum Gasteiger partial charge on any atom is 0.472 e. The molecular weight excluding hydrogens is 1080 g/mol. The highest BCUT2D eigenvalue weighted by Crippen LogP contribution is 2.43. The Labute approximate surface area is 531 Å². The van der Waals surface area contributed by atoms with Crippen molar-refractivity contribution in [2.24, 2.45) is 0 Å². The summed E-state index contributed by atoms with van der Waals surface area (Å²) in [5.41, 5.74) is 0. The first-order valence-corrected chi connectivity index (χ1v) is 37.2. The van der Waals surface area contributed by atoms with Gasteiger partial charge >= 0.3 is 13.8 Å². The molecule has 0 aromatic heterocycles. The summed E-state index contributed by atoms with van der Waals surface area (Å²) in [6.45, 7) is 6.88. The Morgan fingerprint density at radius 2 is 0.744 bits per heavy atom. The van der Waals surface area contributed by atoms with E-state index in [1.54, 1.807) is 0 Å². The first kappa shape index (κ1) is 82.7. The molecule has 0 spiro atoms. The van der Waals surface area contributed by atoms with Crippen LogP contribution in [-0.2, 0) is 27.9 Å². The van der Waals surface area contributed by atoms with Crippen molar-refractivity contribution >= 4 is 19.7 Å². The Morgan fingerprint density at radius 3 is 1.14 bits per heavy atom. The maximum absolute atomic E-state index is 13.6. The normalized spacial score (nSPS) is 14.2. The molecule has 0 aromatic carbocycles. The van der Waals surface area contributed by atoms with Crippen molar-refractivity contribution in [3.05, 3.63) is 109 Å². The molecule has 0 rings (SSSR count). The monoisotopic (exact) mass is 1220 g/mol. The van der Waals surface area contributed by atoms with Gasteiger partial charge in [-0.3, -0.25) is 18.6 Å². The van der Waals surface area contributed by atoms with E-state index in [4.69, 9.17) is 13.8 Å². The molecule has 0 heterocycles. The number of hydrogen-bond donors (Lipinski definition) is 2. The zero-order chi connectivity index (χ0) is 62.8. The van der Waals surface area contributed by atoms with Crippen LogP contribution in [0.25, 0.3) is 0 Å². The van der Waals surface area contributed by atoms with E-state index in [1.165, 1.54) is 161 Å². The third-order valence-corrected chi connectivity index (χ3v) is 16.4. The van der Waals surface area contributed by atoms with Crippen molar-refractivity contribution < 1.29 is 37.3 Å². The number of phosphoric ester groups is 1. The molecule has 1 amide bonds. The molecule has 0 aliphatic rings. The number of likely N-dealkylation sites (N-methyl/N-ethyl adjacent to an activating group) is 1. The number of ether oxygens (including phenoxy) is 1. The molecule has 0 aliphatic heterocycles. The number of allylic oxidation sites excluding steroid dienone is 17. The fraction of sp³-hybridized carbons (Fsp3) is 0.737. The minimum Gasteiger partial charge on any atom is -0.456 e. The van der Waals surface area contributed by atoms with Crippen LogP contribution >= 0.6 is 7.82 Å². The van der Waals surface area contributed by atoms with E-state index < -0.39 is 20.0 Å². The predicted molar refractivity (Wildman–Crippen MR) is 373 cm³/mol. The molecule has 0 aromatic rings. The average Bonchev–Trinajstić information content (AvgIpc) is 3.65. The number of hydrogen-bond acceptors (Lipinski definition) is 6. The summed E-state index contributed by atoms with van der Waals surface area (Å²) in [7, 11) is 1.48. The van der Waals surface area contributed by atoms with Gasteiger partial charge in [-0.15, -0.1) is 0 Å². The molecule has 0 radical (unpaired) electrons. The number of nitrogens with zero attached hydrogens (tertiary/aromatic N) is 1. The second kappa shape index (κ2) is 64.6. The lowest BCUT2D eigenvalue weighted by Crippen LogP contribution is -2.47. The van der Waals surface area contributed by atoms with Gasteiger partial charge in [0.05, 0.1) is 33.8 Å². The van der Waals surface area contributed by atoms with Gasteiger partial charge in [-0.1, -0.05) is 291 Å². The number of unbranched alkanes of at least 4 members (excludes halogenated alkanes) is 32. The van der Waals surface area contributed by atoms with Crippen LogP contribution in [0, 0.1) is 0 Å². The van der Waals surface area contributed by atoms with Crippen molar-refractivity contribution in [3.8, 4) is 0 Å². The molecule has 2 N–H and O–H groups in total. The van der Waals surface area contributed by atoms with E-state index >= 15 is 0 Å². The van der Waals surface area contributed by atoms with Gasteiger partial charge in [0.25, 0.3) is 0 Å². The van der Waals surface area contributed by atoms with Crippen LogP contribution in [0.5, 0.6) is 0 Å². The Hall–Kier alpha value is -3.33. The molecule has 0 saturated heterocycles. The highest BCUT2D eigenvalue weighted by atomic mass is 31.2. The van der Waals surface area contributed by atoms with Crippen LogP contribution < -0.4 is 5.32 Å². The summed E-state index contributed by atoms with van der Waals surface area (Å²) in [5.74, 6) is -0.515. The highest BCUT2D eigenvalue weighted by molar-refractivity contribution is 7.47. The minimum absolute atomic E-state index is 0.0342. The van der Waals surface area contributed by atoms with E-state index in [2.05, 4.69) is 123 Å². The Balaban J connectivity index is 5.09. The number of rotatable bonds is 64. The second-order valence-electron chi connectivity index (χ2n) is 25.0. The fourth-order valence-electron chi connectivity index (χ4n) is 9.98. The second-order valence-corrected chi connectivity index (χ2v) is 26.5. The van der Waals surface area contributed by atoms with Gasteiger partial charge in [0.2, 0.25) is 5.91 Å². The van der Waals surface area contributed by atoms with Crippen molar-refractivity contribution in [3.63, 3.8) is 0 Å². The molecule has 86 heavy (non-hydrogen) atoms. The lowest BCUT2D eigenvalue weighted by atomic mass is 10.0. The molecular formula is C76H136N2O7P+. The summed E-state index contributed by atoms with van der Waals surface area (Å²) in [6, 6.07) is -0.860. The molecule has 0 bridgehead atoms. The van der Waals surface area contributed by atoms with Crippen LogP contribution in [-0.4, -0.2) is 74.3 Å². The Kier molecular flexibility index (Phi) is 62.1. The van der Waals surface area contributed by atoms with E-state index in [9.17, 15) is 19.0 Å². The van der Waals surface area contributed by atoms with Crippen molar-refractivity contribution in [1.29, 1.82) is 0 Å². The summed E-state index contributed by atoms with van der Waals surface area (Å²) < 4.78 is 30.8. The van der Waals surface area contributed by atoms with E-state index in [0.717, 1.165) is 116 Å². The van der Waals surface area contributed by atoms with Gasteiger partial charge in [-0.2, -0.15) is 0 Å². The predicted octanol–water partition coefficient (Wildman–Crippen LogP) is 22.8. The van der Waals surface area contributed by atoms with Gasteiger partial charge in [0, 0.05) is 12.8 Å². The highest BCUT2D eigenvalue weighted by Gasteiger charge is 2.30. The number of quaternary nitrogens is 1. The number of esters is 1. The fourth-order valence-corrected chi connectivity index (χ4v) is 10.7. The molecule has 0 aliphatic carbocycles. The van der Waals surface area contributed by atoms with Crippen LogP contribution in [0.4, 0.5) is 0 Å². The summed E-state index contributed by atoms with van der Waals surface area (Å²) >= 11 is 0. The van der Waals surface area contributed by atoms with Crippen molar-refractivity contribution in [2.45, 2.75) is 322 Å². The first-order chi connectivity index (χ1) is 41.9. The van der Waals surface area contributed by atoms with E-state index in [0.29, 0.717) is 17.4 Å². The molecule has 496 valence electrons. The molecule has 3 unspecified atom stereocenters. The van der Waals surface area contributed by atoms with Crippen molar-refractivity contribution in [1.82, 2.24) is 5.32 Å². The largest absolute Gasteiger partial charge is 0.472 e. The zero-order valence-corrected chi connectivity index (χ0v) is 57.7. The van der Waals surface area contributed by atoms with Crippen LogP contribution in [0.15, 0.2) is 109 Å². The minimum atomic E-state index is -4.46. The number of nitrogens with one attached hydrogen (secondary N) is 1. The van der Waals surface area contributed by atoms with Gasteiger partial charge in [0.1, 0.15) is 19.3 Å². The summed E-state index contributed by atoms with van der Waals surface area (Å²) in [4.78, 5) is 37.9. The molecule has 9 nitrogen and oxygen atoms in total. The van der Waals surface area contributed by atoms with E-state index in [-0.39, 0.29) is 31.5 Å². The van der Waals surface area contributed by atoms with E-state index in [1.807, 2.05) is 33.3 Å². The molecule has 10 heteroatoms. The van der Waals surface area contributed by atoms with Crippen LogP contribution in [0.1, 0.15) is 310 Å². The quantitative estimate of drug-likeness (QED) is 0.0205. The third-order valence-electron chi connectivity index (χ3n) is 15.4. The molecule has 3 atom stereocenters. The SMILES string of the molecule is CC/C=C\C/C=C\C/C=C\C/C=C\C/C=C\C/C=C\CCCCCCCCCCC(=O)OC(/C=C\CCCCCCCCCCCC)C(COP(=O)(O)OCC[N+](C)(C)C)NC(=O)CCCCCCCCCCCCC/C=C\C/C=C\CCCCC. The molecule has 0 fully saturated rings. The number of phosphoric acid groups is 1. The third kappa shape index (κ3) is 65.1.